The molecule has 0 fully saturated rings. The molecule has 3 aromatic carbocycles. The lowest BCUT2D eigenvalue weighted by atomic mass is 10.1. The Balaban J connectivity index is 1.47. The Morgan fingerprint density at radius 2 is 1.65 bits per heavy atom. The van der Waals surface area contributed by atoms with E-state index in [0.717, 1.165) is 28.1 Å². The molecule has 0 unspecified atom stereocenters. The van der Waals surface area contributed by atoms with Crippen LogP contribution in [0.5, 0.6) is 0 Å². The predicted octanol–water partition coefficient (Wildman–Crippen LogP) is 7.21. The van der Waals surface area contributed by atoms with Crippen molar-refractivity contribution < 1.29 is 18.7 Å². The van der Waals surface area contributed by atoms with Crippen LogP contribution in [-0.2, 0) is 9.53 Å². The summed E-state index contributed by atoms with van der Waals surface area (Å²) in [4.78, 5) is 27.3. The van der Waals surface area contributed by atoms with E-state index in [9.17, 15) is 9.59 Å². The fourth-order valence-corrected chi connectivity index (χ4v) is 4.28. The van der Waals surface area contributed by atoms with Gasteiger partial charge in [-0.3, -0.25) is 9.69 Å². The number of hydrogen-bond donors (Lipinski definition) is 0. The van der Waals surface area contributed by atoms with Crippen molar-refractivity contribution in [3.63, 3.8) is 0 Å². The molecular weight excluding hydrogens is 462 g/mol. The minimum absolute atomic E-state index is 0.112. The molecule has 0 aliphatic carbocycles. The second kappa shape index (κ2) is 10.2. The van der Waals surface area contributed by atoms with Gasteiger partial charge in [-0.05, 0) is 86.0 Å². The topological polar surface area (TPSA) is 59.8 Å². The monoisotopic (exact) mass is 489 g/mol. The molecule has 0 saturated carbocycles. The minimum Gasteiger partial charge on any atom is -0.462 e. The molecule has 5 nitrogen and oxygen atoms in total. The number of esters is 1. The van der Waals surface area contributed by atoms with Crippen molar-refractivity contribution in [2.24, 2.45) is 0 Å². The molecule has 5 rings (SSSR count). The molecular formula is C32H27NO4. The standard InChI is InChI=1S/C32H27NO4/c1-4-36-32(35)25-13-11-24(12-14-25)30-17-16-28(37-30)19-26-20-29(23-8-6-5-7-9-23)33(31(26)34)27-15-10-21(2)22(3)18-27/h5-20H,4H2,1-3H3/b26-19+. The molecule has 184 valence electrons. The molecule has 0 radical (unpaired) electrons. The molecule has 1 aliphatic rings. The molecule has 37 heavy (non-hydrogen) atoms. The predicted molar refractivity (Wildman–Crippen MR) is 146 cm³/mol. The van der Waals surface area contributed by atoms with Crippen molar-refractivity contribution in [3.05, 3.63) is 125 Å². The SMILES string of the molecule is CCOC(=O)c1ccc(-c2ccc(/C=C3\C=C(c4ccccc4)N(c4ccc(C)c(C)c4)C3=O)o2)cc1. The first-order valence-electron chi connectivity index (χ1n) is 12.2. The third kappa shape index (κ3) is 4.89. The summed E-state index contributed by atoms with van der Waals surface area (Å²) in [7, 11) is 0. The lowest BCUT2D eigenvalue weighted by Gasteiger charge is -2.21. The van der Waals surface area contributed by atoms with Crippen LogP contribution in [0.25, 0.3) is 23.1 Å². The maximum atomic E-state index is 13.6. The summed E-state index contributed by atoms with van der Waals surface area (Å²) in [6.45, 7) is 6.21. The van der Waals surface area contributed by atoms with E-state index in [1.807, 2.05) is 85.8 Å². The van der Waals surface area contributed by atoms with Crippen LogP contribution in [0.4, 0.5) is 5.69 Å². The van der Waals surface area contributed by atoms with Gasteiger partial charge in [0.2, 0.25) is 0 Å². The Morgan fingerprint density at radius 3 is 2.35 bits per heavy atom. The molecule has 1 aromatic heterocycles. The average Bonchev–Trinajstić information content (AvgIpc) is 3.51. The summed E-state index contributed by atoms with van der Waals surface area (Å²) in [5.41, 5.74) is 6.76. The van der Waals surface area contributed by atoms with Gasteiger partial charge in [-0.15, -0.1) is 0 Å². The van der Waals surface area contributed by atoms with Gasteiger partial charge in [0.25, 0.3) is 5.91 Å². The summed E-state index contributed by atoms with van der Waals surface area (Å²) >= 11 is 0. The molecule has 0 saturated heterocycles. The van der Waals surface area contributed by atoms with Crippen LogP contribution in [0.1, 0.15) is 39.7 Å². The van der Waals surface area contributed by atoms with E-state index in [1.54, 1.807) is 30.0 Å². The lowest BCUT2D eigenvalue weighted by molar-refractivity contribution is -0.113. The van der Waals surface area contributed by atoms with Gasteiger partial charge in [0.05, 0.1) is 17.9 Å². The van der Waals surface area contributed by atoms with Crippen LogP contribution < -0.4 is 4.90 Å². The summed E-state index contributed by atoms with van der Waals surface area (Å²) in [6.07, 6.45) is 3.67. The number of furan rings is 1. The van der Waals surface area contributed by atoms with Crippen LogP contribution in [0, 0.1) is 13.8 Å². The van der Waals surface area contributed by atoms with E-state index >= 15 is 0 Å². The van der Waals surface area contributed by atoms with Crippen molar-refractivity contribution in [2.75, 3.05) is 11.5 Å². The van der Waals surface area contributed by atoms with Crippen molar-refractivity contribution in [1.82, 2.24) is 0 Å². The van der Waals surface area contributed by atoms with Crippen LogP contribution in [0.3, 0.4) is 0 Å². The largest absolute Gasteiger partial charge is 0.462 e. The van der Waals surface area contributed by atoms with E-state index in [2.05, 4.69) is 6.92 Å². The van der Waals surface area contributed by atoms with Gasteiger partial charge in [0.15, 0.2) is 0 Å². The maximum Gasteiger partial charge on any atom is 0.338 e. The number of rotatable bonds is 6. The molecule has 0 bridgehead atoms. The van der Waals surface area contributed by atoms with Crippen LogP contribution in [0.15, 0.2) is 101 Å². The number of anilines is 1. The first-order valence-corrected chi connectivity index (χ1v) is 12.2. The molecule has 1 amide bonds. The number of amides is 1. The van der Waals surface area contributed by atoms with E-state index in [1.165, 1.54) is 5.56 Å². The average molecular weight is 490 g/mol. The minimum atomic E-state index is -0.354. The zero-order chi connectivity index (χ0) is 25.9. The maximum absolute atomic E-state index is 13.6. The van der Waals surface area contributed by atoms with E-state index < -0.39 is 0 Å². The van der Waals surface area contributed by atoms with Crippen LogP contribution in [0.2, 0.25) is 0 Å². The zero-order valence-corrected chi connectivity index (χ0v) is 21.0. The van der Waals surface area contributed by atoms with Gasteiger partial charge >= 0.3 is 5.97 Å². The normalized spacial score (nSPS) is 14.2. The van der Waals surface area contributed by atoms with Crippen molar-refractivity contribution in [3.8, 4) is 11.3 Å². The molecule has 5 heteroatoms. The van der Waals surface area contributed by atoms with Crippen molar-refractivity contribution in [2.45, 2.75) is 20.8 Å². The van der Waals surface area contributed by atoms with Crippen molar-refractivity contribution in [1.29, 1.82) is 0 Å². The van der Waals surface area contributed by atoms with Gasteiger partial charge in [-0.1, -0.05) is 48.5 Å². The highest BCUT2D eigenvalue weighted by molar-refractivity contribution is 6.23. The zero-order valence-electron chi connectivity index (χ0n) is 21.0. The van der Waals surface area contributed by atoms with Crippen LogP contribution >= 0.6 is 0 Å². The van der Waals surface area contributed by atoms with E-state index in [-0.39, 0.29) is 11.9 Å². The number of carbonyl (C=O) groups is 2. The summed E-state index contributed by atoms with van der Waals surface area (Å²) < 4.78 is 11.1. The van der Waals surface area contributed by atoms with Gasteiger partial charge in [0, 0.05) is 16.8 Å². The van der Waals surface area contributed by atoms with Gasteiger partial charge in [-0.2, -0.15) is 0 Å². The lowest BCUT2D eigenvalue weighted by Crippen LogP contribution is -2.25. The van der Waals surface area contributed by atoms with Gasteiger partial charge in [-0.25, -0.2) is 4.79 Å². The van der Waals surface area contributed by atoms with E-state index in [4.69, 9.17) is 9.15 Å². The molecule has 1 aliphatic heterocycles. The van der Waals surface area contributed by atoms with Gasteiger partial charge in [0.1, 0.15) is 11.5 Å². The third-order valence-electron chi connectivity index (χ3n) is 6.41. The third-order valence-corrected chi connectivity index (χ3v) is 6.41. The first kappa shape index (κ1) is 24.1. The Kier molecular flexibility index (Phi) is 6.60. The molecule has 0 atom stereocenters. The Bertz CT molecular complexity index is 1520. The molecule has 0 N–H and O–H groups in total. The second-order valence-corrected chi connectivity index (χ2v) is 8.90. The smallest absolute Gasteiger partial charge is 0.338 e. The molecule has 4 aromatic rings. The Hall–Kier alpha value is -4.64. The highest BCUT2D eigenvalue weighted by atomic mass is 16.5. The Morgan fingerprint density at radius 1 is 0.892 bits per heavy atom. The molecule has 2 heterocycles. The number of benzene rings is 3. The molecule has 0 spiro atoms. The number of nitrogens with zero attached hydrogens (tertiary/aromatic N) is 1. The van der Waals surface area contributed by atoms with Crippen LogP contribution in [-0.4, -0.2) is 18.5 Å². The fourth-order valence-electron chi connectivity index (χ4n) is 4.28. The second-order valence-electron chi connectivity index (χ2n) is 8.90. The quantitative estimate of drug-likeness (QED) is 0.212. The number of carbonyl (C=O) groups excluding carboxylic acids is 2. The first-order chi connectivity index (χ1) is 17.9. The van der Waals surface area contributed by atoms with Crippen molar-refractivity contribution >= 4 is 29.3 Å². The summed E-state index contributed by atoms with van der Waals surface area (Å²) in [5.74, 6) is 0.747. The summed E-state index contributed by atoms with van der Waals surface area (Å²) in [5, 5.41) is 0. The number of hydrogen-bond acceptors (Lipinski definition) is 4. The number of ether oxygens (including phenoxy) is 1. The highest BCUT2D eigenvalue weighted by Crippen LogP contribution is 2.36. The summed E-state index contributed by atoms with van der Waals surface area (Å²) in [6, 6.07) is 26.7. The number of aryl methyl sites for hydroxylation is 2. The Labute approximate surface area is 216 Å². The highest BCUT2D eigenvalue weighted by Gasteiger charge is 2.30. The van der Waals surface area contributed by atoms with E-state index in [0.29, 0.717) is 29.3 Å². The van der Waals surface area contributed by atoms with Gasteiger partial charge < -0.3 is 9.15 Å². The fraction of sp³-hybridized carbons (Fsp3) is 0.125.